The number of rotatable bonds is 5. The van der Waals surface area contributed by atoms with Crippen LogP contribution in [0.2, 0.25) is 0 Å². The Morgan fingerprint density at radius 2 is 2.04 bits per heavy atom. The number of hydrogen-bond donors (Lipinski definition) is 0. The molecule has 132 valence electrons. The zero-order chi connectivity index (χ0) is 19.1. The average Bonchev–Trinajstić information content (AvgIpc) is 2.63. The predicted molar refractivity (Wildman–Crippen MR) is 97.0 cm³/mol. The van der Waals surface area contributed by atoms with Crippen LogP contribution in [0.25, 0.3) is 0 Å². The fraction of sp³-hybridized carbons (Fsp3) is 0.222. The summed E-state index contributed by atoms with van der Waals surface area (Å²) in [5, 5.41) is 9.93. The Balaban J connectivity index is 2.61. The van der Waals surface area contributed by atoms with Gasteiger partial charge in [0, 0.05) is 0 Å². The third-order valence-electron chi connectivity index (χ3n) is 3.27. The molecule has 2 aromatic rings. The van der Waals surface area contributed by atoms with Crippen LogP contribution in [0.15, 0.2) is 39.3 Å². The lowest BCUT2D eigenvalue weighted by molar-refractivity contribution is 0.0526. The number of halogens is 1. The number of ether oxygens (including phenoxy) is 1. The molecule has 0 saturated heterocycles. The second kappa shape index (κ2) is 8.90. The zero-order valence-corrected chi connectivity index (χ0v) is 15.2. The Hall–Kier alpha value is -3.01. The molecule has 1 heterocycles. The third kappa shape index (κ3) is 4.33. The summed E-state index contributed by atoms with van der Waals surface area (Å²) in [4.78, 5) is 24.6. The number of aryl methyl sites for hydroxylation is 1. The van der Waals surface area contributed by atoms with Gasteiger partial charge >= 0.3 is 5.97 Å². The molecule has 0 aliphatic rings. The van der Waals surface area contributed by atoms with E-state index in [1.807, 2.05) is 6.07 Å². The Morgan fingerprint density at radius 3 is 2.62 bits per heavy atom. The number of thioether (sulfide) groups is 1. The lowest BCUT2D eigenvalue weighted by Gasteiger charge is -2.11. The van der Waals surface area contributed by atoms with Crippen LogP contribution in [0.1, 0.15) is 28.5 Å². The number of carbonyl (C=O) groups is 1. The number of benzene rings is 1. The summed E-state index contributed by atoms with van der Waals surface area (Å²) >= 11 is 1.27. The normalized spacial score (nSPS) is 9.81. The van der Waals surface area contributed by atoms with E-state index in [1.165, 1.54) is 36.0 Å². The fourth-order valence-corrected chi connectivity index (χ4v) is 2.69. The highest BCUT2D eigenvalue weighted by molar-refractivity contribution is 7.98. The van der Waals surface area contributed by atoms with Crippen molar-refractivity contribution in [2.45, 2.75) is 18.9 Å². The maximum Gasteiger partial charge on any atom is 0.342 e. The van der Waals surface area contributed by atoms with E-state index in [9.17, 15) is 14.4 Å². The minimum absolute atomic E-state index is 0.100. The molecule has 26 heavy (non-hydrogen) atoms. The SMILES string of the molecule is CCOC(=O)c1c(C)nc(SC)c(C#N)c1N=C=Nc1ccc(F)cc1. The number of pyridine rings is 1. The van der Waals surface area contributed by atoms with Gasteiger partial charge in [0.2, 0.25) is 0 Å². The number of nitrogens with zero attached hydrogens (tertiary/aromatic N) is 4. The number of aliphatic imine (C=N–C) groups is 2. The van der Waals surface area contributed by atoms with E-state index in [0.29, 0.717) is 16.4 Å². The van der Waals surface area contributed by atoms with Crippen molar-refractivity contribution in [2.75, 3.05) is 12.9 Å². The van der Waals surface area contributed by atoms with Crippen molar-refractivity contribution < 1.29 is 13.9 Å². The minimum Gasteiger partial charge on any atom is -0.462 e. The first-order valence-electron chi connectivity index (χ1n) is 7.59. The molecule has 0 N–H and O–H groups in total. The number of esters is 1. The first kappa shape index (κ1) is 19.3. The highest BCUT2D eigenvalue weighted by Crippen LogP contribution is 2.32. The van der Waals surface area contributed by atoms with E-state index in [2.05, 4.69) is 21.0 Å². The lowest BCUT2D eigenvalue weighted by atomic mass is 10.1. The van der Waals surface area contributed by atoms with E-state index in [0.717, 1.165) is 0 Å². The first-order valence-corrected chi connectivity index (χ1v) is 8.82. The molecular formula is C18H15FN4O2S. The van der Waals surface area contributed by atoms with Crippen LogP contribution in [0.5, 0.6) is 0 Å². The van der Waals surface area contributed by atoms with E-state index in [1.54, 1.807) is 20.1 Å². The summed E-state index contributed by atoms with van der Waals surface area (Å²) < 4.78 is 18.0. The van der Waals surface area contributed by atoms with Crippen LogP contribution in [0, 0.1) is 24.1 Å². The molecular weight excluding hydrogens is 355 g/mol. The largest absolute Gasteiger partial charge is 0.462 e. The van der Waals surface area contributed by atoms with Gasteiger partial charge in [-0.1, -0.05) is 0 Å². The maximum absolute atomic E-state index is 12.9. The van der Waals surface area contributed by atoms with Gasteiger partial charge in [0.15, 0.2) is 0 Å². The molecule has 0 saturated carbocycles. The van der Waals surface area contributed by atoms with Crippen molar-refractivity contribution >= 4 is 35.1 Å². The molecule has 0 unspecified atom stereocenters. The molecule has 8 heteroatoms. The molecule has 0 spiro atoms. The molecule has 2 rings (SSSR count). The Labute approximate surface area is 154 Å². The van der Waals surface area contributed by atoms with Crippen LogP contribution in [-0.4, -0.2) is 29.8 Å². The van der Waals surface area contributed by atoms with Gasteiger partial charge in [-0.3, -0.25) is 0 Å². The number of aromatic nitrogens is 1. The third-order valence-corrected chi connectivity index (χ3v) is 3.95. The van der Waals surface area contributed by atoms with Crippen molar-refractivity contribution in [3.05, 3.63) is 46.9 Å². The van der Waals surface area contributed by atoms with Gasteiger partial charge in [-0.2, -0.15) is 15.2 Å². The first-order chi connectivity index (χ1) is 12.5. The lowest BCUT2D eigenvalue weighted by Crippen LogP contribution is -2.10. The van der Waals surface area contributed by atoms with Gasteiger partial charge in [-0.25, -0.2) is 14.2 Å². The molecule has 0 bridgehead atoms. The van der Waals surface area contributed by atoms with Crippen LogP contribution in [-0.2, 0) is 4.74 Å². The second-order valence-electron chi connectivity index (χ2n) is 4.94. The molecule has 0 radical (unpaired) electrons. The molecule has 6 nitrogen and oxygen atoms in total. The van der Waals surface area contributed by atoms with Crippen LogP contribution >= 0.6 is 11.8 Å². The number of carbonyl (C=O) groups excluding carboxylic acids is 1. The quantitative estimate of drug-likeness (QED) is 0.441. The van der Waals surface area contributed by atoms with E-state index in [4.69, 9.17) is 4.74 Å². The highest BCUT2D eigenvalue weighted by Gasteiger charge is 2.23. The monoisotopic (exact) mass is 370 g/mol. The fourth-order valence-electron chi connectivity index (χ4n) is 2.12. The van der Waals surface area contributed by atoms with Gasteiger partial charge < -0.3 is 4.74 Å². The molecule has 1 aromatic carbocycles. The summed E-state index contributed by atoms with van der Waals surface area (Å²) in [6, 6.07) is 9.91. The van der Waals surface area contributed by atoms with E-state index < -0.39 is 5.97 Å². The highest BCUT2D eigenvalue weighted by atomic mass is 32.2. The molecule has 0 aliphatic carbocycles. The summed E-state index contributed by atoms with van der Waals surface area (Å²) in [7, 11) is 0. The van der Waals surface area contributed by atoms with Gasteiger partial charge in [-0.15, -0.1) is 11.8 Å². The maximum atomic E-state index is 12.9. The smallest absolute Gasteiger partial charge is 0.342 e. The van der Waals surface area contributed by atoms with Crippen molar-refractivity contribution in [3.63, 3.8) is 0 Å². The standard InChI is InChI=1S/C18H15FN4O2S/c1-4-25-18(24)15-11(2)23-17(26-3)14(9-20)16(15)22-10-21-13-7-5-12(19)6-8-13/h5-8H,4H2,1-3H3. The topological polar surface area (TPSA) is 87.7 Å². The van der Waals surface area contributed by atoms with Crippen LogP contribution < -0.4 is 0 Å². The predicted octanol–water partition coefficient (Wildman–Crippen LogP) is 4.44. The average molecular weight is 370 g/mol. The molecule has 0 atom stereocenters. The van der Waals surface area contributed by atoms with Gasteiger partial charge in [0.1, 0.15) is 39.7 Å². The Morgan fingerprint density at radius 1 is 1.35 bits per heavy atom. The van der Waals surface area contributed by atoms with Gasteiger partial charge in [-0.05, 0) is 44.4 Å². The Bertz CT molecular complexity index is 930. The van der Waals surface area contributed by atoms with E-state index >= 15 is 0 Å². The van der Waals surface area contributed by atoms with Crippen molar-refractivity contribution in [1.29, 1.82) is 5.26 Å². The second-order valence-corrected chi connectivity index (χ2v) is 5.73. The Kier molecular flexibility index (Phi) is 6.61. The molecule has 0 fully saturated rings. The summed E-state index contributed by atoms with van der Waals surface area (Å²) in [6.07, 6.45) is 1.77. The number of hydrogen-bond acceptors (Lipinski definition) is 7. The zero-order valence-electron chi connectivity index (χ0n) is 14.4. The van der Waals surface area contributed by atoms with Crippen molar-refractivity contribution in [3.8, 4) is 6.07 Å². The number of nitriles is 1. The van der Waals surface area contributed by atoms with Gasteiger partial charge in [0.25, 0.3) is 0 Å². The minimum atomic E-state index is -0.621. The van der Waals surface area contributed by atoms with Crippen LogP contribution in [0.4, 0.5) is 15.8 Å². The van der Waals surface area contributed by atoms with Crippen molar-refractivity contribution in [2.24, 2.45) is 9.98 Å². The van der Waals surface area contributed by atoms with Gasteiger partial charge in [0.05, 0.1) is 18.0 Å². The summed E-state index contributed by atoms with van der Waals surface area (Å²) in [5.41, 5.74) is 1.18. The van der Waals surface area contributed by atoms with Crippen LogP contribution in [0.3, 0.4) is 0 Å². The molecule has 0 amide bonds. The molecule has 1 aromatic heterocycles. The summed E-state index contributed by atoms with van der Waals surface area (Å²) in [5.74, 6) is -1.00. The van der Waals surface area contributed by atoms with E-state index in [-0.39, 0.29) is 29.2 Å². The van der Waals surface area contributed by atoms with Crippen molar-refractivity contribution in [1.82, 2.24) is 4.98 Å². The summed E-state index contributed by atoms with van der Waals surface area (Å²) in [6.45, 7) is 3.50. The molecule has 0 aliphatic heterocycles.